The highest BCUT2D eigenvalue weighted by atomic mass is 35.5. The standard InChI is InChI=1S/C17H15Cl2N3O4/c1-25-11-5-8-7(4-9(11)14(20)23)2-3-21-16(8)26-6-10-12-13(15(24)22-10)17(12,18)19/h2-5,10,12-13H,6H2,1H3,(H2,20,23)(H,22,24)/t10-,12-,13-/m1/s1. The van der Waals surface area contributed by atoms with Crippen molar-refractivity contribution in [3.05, 3.63) is 30.0 Å². The summed E-state index contributed by atoms with van der Waals surface area (Å²) in [4.78, 5) is 27.6. The van der Waals surface area contributed by atoms with Gasteiger partial charge < -0.3 is 20.5 Å². The molecular formula is C17H15Cl2N3O4. The van der Waals surface area contributed by atoms with E-state index in [1.807, 2.05) is 0 Å². The molecule has 3 atom stereocenters. The molecule has 1 aromatic carbocycles. The quantitative estimate of drug-likeness (QED) is 0.748. The third-order valence-electron chi connectivity index (χ3n) is 4.87. The van der Waals surface area contributed by atoms with Gasteiger partial charge in [0.25, 0.3) is 5.91 Å². The second-order valence-electron chi connectivity index (χ2n) is 6.36. The SMILES string of the molecule is COc1cc2c(OC[C@H]3NC(=O)[C@H]4[C@@H]3C4(Cl)Cl)nccc2cc1C(N)=O. The largest absolute Gasteiger partial charge is 0.496 e. The molecule has 4 rings (SSSR count). The Labute approximate surface area is 158 Å². The predicted molar refractivity (Wildman–Crippen MR) is 95.7 cm³/mol. The molecule has 26 heavy (non-hydrogen) atoms. The number of hydrogen-bond acceptors (Lipinski definition) is 5. The van der Waals surface area contributed by atoms with Crippen LogP contribution in [-0.2, 0) is 4.79 Å². The van der Waals surface area contributed by atoms with Gasteiger partial charge in [-0.1, -0.05) is 0 Å². The van der Waals surface area contributed by atoms with E-state index in [0.717, 1.165) is 5.39 Å². The van der Waals surface area contributed by atoms with Crippen molar-refractivity contribution in [2.45, 2.75) is 10.4 Å². The molecule has 9 heteroatoms. The molecular weight excluding hydrogens is 381 g/mol. The van der Waals surface area contributed by atoms with Gasteiger partial charge in [-0.15, -0.1) is 23.2 Å². The molecule has 2 fully saturated rings. The van der Waals surface area contributed by atoms with Crippen molar-refractivity contribution in [3.63, 3.8) is 0 Å². The number of hydrogen-bond donors (Lipinski definition) is 2. The Balaban J connectivity index is 1.61. The molecule has 0 radical (unpaired) electrons. The first-order chi connectivity index (χ1) is 12.3. The van der Waals surface area contributed by atoms with E-state index in [1.54, 1.807) is 24.4 Å². The number of amides is 2. The maximum absolute atomic E-state index is 11.8. The zero-order chi connectivity index (χ0) is 18.6. The van der Waals surface area contributed by atoms with Gasteiger partial charge in [-0.05, 0) is 23.6 Å². The Kier molecular flexibility index (Phi) is 3.89. The number of nitrogens with zero attached hydrogens (tertiary/aromatic N) is 1. The average molecular weight is 396 g/mol. The number of methoxy groups -OCH3 is 1. The lowest BCUT2D eigenvalue weighted by molar-refractivity contribution is -0.121. The number of piperidine rings is 1. The third-order valence-corrected chi connectivity index (χ3v) is 5.84. The fourth-order valence-electron chi connectivity index (χ4n) is 3.52. The number of carbonyl (C=O) groups excluding carboxylic acids is 2. The molecule has 2 heterocycles. The van der Waals surface area contributed by atoms with Crippen LogP contribution < -0.4 is 20.5 Å². The first-order valence-electron chi connectivity index (χ1n) is 7.92. The van der Waals surface area contributed by atoms with Gasteiger partial charge in [0.2, 0.25) is 11.8 Å². The van der Waals surface area contributed by atoms with Gasteiger partial charge in [0, 0.05) is 17.5 Å². The summed E-state index contributed by atoms with van der Waals surface area (Å²) in [6.07, 6.45) is 1.56. The van der Waals surface area contributed by atoms with Gasteiger partial charge in [-0.2, -0.15) is 0 Å². The van der Waals surface area contributed by atoms with Gasteiger partial charge in [-0.25, -0.2) is 4.98 Å². The lowest BCUT2D eigenvalue weighted by Crippen LogP contribution is -2.39. The van der Waals surface area contributed by atoms with E-state index < -0.39 is 16.2 Å². The molecule has 2 aliphatic rings. The number of pyridine rings is 1. The van der Waals surface area contributed by atoms with E-state index in [9.17, 15) is 9.59 Å². The first kappa shape index (κ1) is 17.2. The number of ether oxygens (including phenoxy) is 2. The fourth-order valence-corrected chi connectivity index (χ4v) is 4.42. The van der Waals surface area contributed by atoms with Crippen molar-refractivity contribution in [2.75, 3.05) is 13.7 Å². The average Bonchev–Trinajstić information content (AvgIpc) is 3.00. The molecule has 2 amide bonds. The second-order valence-corrected chi connectivity index (χ2v) is 7.80. The molecule has 1 aliphatic carbocycles. The van der Waals surface area contributed by atoms with Gasteiger partial charge in [0.05, 0.1) is 24.6 Å². The van der Waals surface area contributed by atoms with Crippen LogP contribution in [0.25, 0.3) is 10.8 Å². The number of primary amides is 1. The molecule has 3 N–H and O–H groups in total. The number of alkyl halides is 2. The van der Waals surface area contributed by atoms with Gasteiger partial charge >= 0.3 is 0 Å². The summed E-state index contributed by atoms with van der Waals surface area (Å²) < 4.78 is 10.0. The van der Waals surface area contributed by atoms with Crippen molar-refractivity contribution < 1.29 is 19.1 Å². The van der Waals surface area contributed by atoms with Crippen LogP contribution in [0.2, 0.25) is 0 Å². The molecule has 1 saturated heterocycles. The van der Waals surface area contributed by atoms with Crippen LogP contribution in [0.5, 0.6) is 11.6 Å². The Morgan fingerprint density at radius 3 is 2.81 bits per heavy atom. The van der Waals surface area contributed by atoms with E-state index >= 15 is 0 Å². The van der Waals surface area contributed by atoms with Gasteiger partial charge in [-0.3, -0.25) is 9.59 Å². The highest BCUT2D eigenvalue weighted by Crippen LogP contribution is 2.63. The zero-order valence-corrected chi connectivity index (χ0v) is 15.2. The number of nitrogens with two attached hydrogens (primary N) is 1. The molecule has 7 nitrogen and oxygen atoms in total. The van der Waals surface area contributed by atoms with Crippen LogP contribution in [0.15, 0.2) is 24.4 Å². The van der Waals surface area contributed by atoms with Crippen LogP contribution in [0, 0.1) is 11.8 Å². The minimum Gasteiger partial charge on any atom is -0.496 e. The minimum absolute atomic E-state index is 0.160. The monoisotopic (exact) mass is 395 g/mol. The van der Waals surface area contributed by atoms with E-state index in [0.29, 0.717) is 17.0 Å². The van der Waals surface area contributed by atoms with Crippen LogP contribution >= 0.6 is 23.2 Å². The zero-order valence-electron chi connectivity index (χ0n) is 13.7. The lowest BCUT2D eigenvalue weighted by atomic mass is 10.1. The Hall–Kier alpha value is -2.25. The highest BCUT2D eigenvalue weighted by Gasteiger charge is 2.73. The van der Waals surface area contributed by atoms with Crippen molar-refractivity contribution in [2.24, 2.45) is 17.6 Å². The molecule has 1 saturated carbocycles. The maximum atomic E-state index is 11.8. The third kappa shape index (κ3) is 2.54. The van der Waals surface area contributed by atoms with E-state index in [1.165, 1.54) is 7.11 Å². The summed E-state index contributed by atoms with van der Waals surface area (Å²) in [5.74, 6) is -0.628. The summed E-state index contributed by atoms with van der Waals surface area (Å²) in [6.45, 7) is 0.181. The van der Waals surface area contributed by atoms with Crippen LogP contribution in [0.3, 0.4) is 0 Å². The molecule has 0 spiro atoms. The topological polar surface area (TPSA) is 104 Å². The second kappa shape index (κ2) is 5.89. The van der Waals surface area contributed by atoms with Crippen LogP contribution in [0.4, 0.5) is 0 Å². The summed E-state index contributed by atoms with van der Waals surface area (Å²) in [7, 11) is 1.45. The molecule has 136 valence electrons. The smallest absolute Gasteiger partial charge is 0.252 e. The number of halogens is 2. The van der Waals surface area contributed by atoms with Crippen LogP contribution in [0.1, 0.15) is 10.4 Å². The number of fused-ring (bicyclic) bond motifs is 2. The van der Waals surface area contributed by atoms with Crippen molar-refractivity contribution in [1.82, 2.24) is 10.3 Å². The number of benzene rings is 1. The molecule has 1 aromatic heterocycles. The van der Waals surface area contributed by atoms with Crippen LogP contribution in [-0.4, -0.2) is 40.9 Å². The van der Waals surface area contributed by atoms with Gasteiger partial charge in [0.1, 0.15) is 16.7 Å². The number of rotatable bonds is 5. The van der Waals surface area contributed by atoms with E-state index in [4.69, 9.17) is 38.4 Å². The Morgan fingerprint density at radius 1 is 1.42 bits per heavy atom. The molecule has 1 aliphatic heterocycles. The fraction of sp³-hybridized carbons (Fsp3) is 0.353. The molecule has 2 aromatic rings. The maximum Gasteiger partial charge on any atom is 0.252 e. The van der Waals surface area contributed by atoms with Crippen molar-refractivity contribution >= 4 is 45.8 Å². The van der Waals surface area contributed by atoms with E-state index in [-0.39, 0.29) is 30.0 Å². The highest BCUT2D eigenvalue weighted by molar-refractivity contribution is 6.53. The summed E-state index contributed by atoms with van der Waals surface area (Å²) in [6, 6.07) is 4.73. The first-order valence-corrected chi connectivity index (χ1v) is 8.67. The Morgan fingerprint density at radius 2 is 2.19 bits per heavy atom. The normalized spacial score (nSPS) is 25.5. The number of aromatic nitrogens is 1. The lowest BCUT2D eigenvalue weighted by Gasteiger charge is -2.18. The number of nitrogens with one attached hydrogen (secondary N) is 1. The molecule has 0 unspecified atom stereocenters. The molecule has 0 bridgehead atoms. The minimum atomic E-state index is -1.03. The predicted octanol–water partition coefficient (Wildman–Crippen LogP) is 1.64. The van der Waals surface area contributed by atoms with Crippen molar-refractivity contribution in [3.8, 4) is 11.6 Å². The summed E-state index contributed by atoms with van der Waals surface area (Å²) in [5, 5.41) is 4.22. The number of carbonyl (C=O) groups is 2. The Bertz CT molecular complexity index is 934. The summed E-state index contributed by atoms with van der Waals surface area (Å²) in [5.41, 5.74) is 5.66. The van der Waals surface area contributed by atoms with Gasteiger partial charge in [0.15, 0.2) is 0 Å². The summed E-state index contributed by atoms with van der Waals surface area (Å²) >= 11 is 12.3. The van der Waals surface area contributed by atoms with Crippen molar-refractivity contribution in [1.29, 1.82) is 0 Å². The van der Waals surface area contributed by atoms with E-state index in [2.05, 4.69) is 10.3 Å².